The van der Waals surface area contributed by atoms with Crippen molar-refractivity contribution in [3.63, 3.8) is 0 Å². The number of rotatable bonds is 6. The van der Waals surface area contributed by atoms with Crippen molar-refractivity contribution in [2.24, 2.45) is 0 Å². The van der Waals surface area contributed by atoms with E-state index < -0.39 is 21.9 Å². The highest BCUT2D eigenvalue weighted by Crippen LogP contribution is 2.27. The van der Waals surface area contributed by atoms with Gasteiger partial charge in [-0.3, -0.25) is 4.79 Å². The third kappa shape index (κ3) is 5.26. The zero-order chi connectivity index (χ0) is 22.6. The van der Waals surface area contributed by atoms with Crippen molar-refractivity contribution >= 4 is 39.2 Å². The maximum absolute atomic E-state index is 12.9. The smallest absolute Gasteiger partial charge is 0.339 e. The van der Waals surface area contributed by atoms with Gasteiger partial charge in [0.15, 0.2) is 0 Å². The number of hydrogen-bond donors (Lipinski definition) is 1. The van der Waals surface area contributed by atoms with Crippen LogP contribution in [0.15, 0.2) is 47.4 Å². The third-order valence-corrected chi connectivity index (χ3v) is 7.77. The zero-order valence-electron chi connectivity index (χ0n) is 17.4. The molecule has 0 aromatic heterocycles. The van der Waals surface area contributed by atoms with Gasteiger partial charge in [-0.1, -0.05) is 30.9 Å². The van der Waals surface area contributed by atoms with Crippen molar-refractivity contribution in [1.29, 1.82) is 0 Å². The van der Waals surface area contributed by atoms with Gasteiger partial charge in [0.05, 0.1) is 22.6 Å². The summed E-state index contributed by atoms with van der Waals surface area (Å²) in [5, 5.41) is 2.88. The number of benzene rings is 2. The molecule has 0 radical (unpaired) electrons. The molecule has 3 rings (SSSR count). The molecule has 2 aromatic rings. The molecule has 7 nitrogen and oxygen atoms in total. The number of carbonyl (C=O) groups excluding carboxylic acids is 2. The summed E-state index contributed by atoms with van der Waals surface area (Å²) in [5.41, 5.74) is 0.784. The minimum atomic E-state index is -3.63. The quantitative estimate of drug-likeness (QED) is 0.642. The molecule has 2 aromatic carbocycles. The minimum absolute atomic E-state index is 0.00985. The molecule has 1 fully saturated rings. The first-order valence-corrected chi connectivity index (χ1v) is 11.8. The molecule has 0 unspecified atom stereocenters. The van der Waals surface area contributed by atoms with E-state index in [0.717, 1.165) is 32.1 Å². The first-order chi connectivity index (χ1) is 14.7. The number of hydrogen-bond acceptors (Lipinski definition) is 5. The summed E-state index contributed by atoms with van der Waals surface area (Å²) in [7, 11) is -0.769. The predicted molar refractivity (Wildman–Crippen MR) is 119 cm³/mol. The van der Waals surface area contributed by atoms with E-state index in [4.69, 9.17) is 11.6 Å². The van der Waals surface area contributed by atoms with Gasteiger partial charge in [0.25, 0.3) is 5.91 Å². The summed E-state index contributed by atoms with van der Waals surface area (Å²) in [5.74, 6) is -1.06. The van der Waals surface area contributed by atoms with Crippen molar-refractivity contribution in [2.45, 2.75) is 43.0 Å². The lowest BCUT2D eigenvalue weighted by Crippen LogP contribution is -2.38. The topological polar surface area (TPSA) is 92.8 Å². The van der Waals surface area contributed by atoms with Crippen LogP contribution in [-0.2, 0) is 14.8 Å². The van der Waals surface area contributed by atoms with Crippen molar-refractivity contribution < 1.29 is 22.7 Å². The van der Waals surface area contributed by atoms with Crippen LogP contribution in [0.4, 0.5) is 5.69 Å². The van der Waals surface area contributed by atoms with E-state index in [1.165, 1.54) is 47.8 Å². The van der Waals surface area contributed by atoms with Gasteiger partial charge in [-0.05, 0) is 55.3 Å². The molecule has 1 amide bonds. The van der Waals surface area contributed by atoms with E-state index in [1.54, 1.807) is 13.1 Å². The molecule has 0 aliphatic heterocycles. The van der Waals surface area contributed by atoms with Crippen molar-refractivity contribution in [3.8, 4) is 0 Å². The molecular formula is C22H25ClN2O5S. The fourth-order valence-corrected chi connectivity index (χ4v) is 5.27. The average molecular weight is 465 g/mol. The van der Waals surface area contributed by atoms with Gasteiger partial charge in [-0.2, -0.15) is 4.31 Å². The van der Waals surface area contributed by atoms with E-state index >= 15 is 0 Å². The van der Waals surface area contributed by atoms with E-state index in [2.05, 4.69) is 10.1 Å². The van der Waals surface area contributed by atoms with Crippen LogP contribution in [-0.4, -0.2) is 44.8 Å². The Balaban J connectivity index is 1.74. The zero-order valence-corrected chi connectivity index (χ0v) is 19.0. The summed E-state index contributed by atoms with van der Waals surface area (Å²) in [4.78, 5) is 24.5. The molecule has 1 saturated carbocycles. The average Bonchev–Trinajstić information content (AvgIpc) is 2.79. The van der Waals surface area contributed by atoms with Crippen LogP contribution >= 0.6 is 11.6 Å². The Morgan fingerprint density at radius 1 is 1.06 bits per heavy atom. The summed E-state index contributed by atoms with van der Waals surface area (Å²) in [6.07, 6.45) is 4.94. The molecule has 166 valence electrons. The van der Waals surface area contributed by atoms with Crippen LogP contribution in [0.1, 0.15) is 52.8 Å². The Kier molecular flexibility index (Phi) is 7.35. The van der Waals surface area contributed by atoms with E-state index in [0.29, 0.717) is 5.69 Å². The first-order valence-electron chi connectivity index (χ1n) is 10.0. The standard InChI is InChI=1S/C22H25ClN2O5S/c1-25(17-6-4-3-5-7-17)31(28,29)18-11-8-15(9-12-18)21(26)24-16-10-13-20(23)19(14-16)22(27)30-2/h8-14,17H,3-7H2,1-2H3,(H,24,26). The van der Waals surface area contributed by atoms with Crippen LogP contribution in [0.3, 0.4) is 0 Å². The Morgan fingerprint density at radius 2 is 1.71 bits per heavy atom. The number of anilines is 1. The van der Waals surface area contributed by atoms with Crippen LogP contribution in [0.5, 0.6) is 0 Å². The van der Waals surface area contributed by atoms with Crippen LogP contribution in [0.25, 0.3) is 0 Å². The Morgan fingerprint density at radius 3 is 2.32 bits per heavy atom. The summed E-state index contributed by atoms with van der Waals surface area (Å²) in [6, 6.07) is 10.3. The Labute approximate surface area is 187 Å². The number of nitrogens with one attached hydrogen (secondary N) is 1. The first kappa shape index (κ1) is 23.2. The van der Waals surface area contributed by atoms with Gasteiger partial charge in [0, 0.05) is 24.3 Å². The fourth-order valence-electron chi connectivity index (χ4n) is 3.66. The molecular weight excluding hydrogens is 440 g/mol. The number of carbonyl (C=O) groups is 2. The molecule has 1 N–H and O–H groups in total. The predicted octanol–water partition coefficient (Wildman–Crippen LogP) is 4.33. The lowest BCUT2D eigenvalue weighted by molar-refractivity contribution is 0.0600. The van der Waals surface area contributed by atoms with E-state index in [9.17, 15) is 18.0 Å². The molecule has 0 bridgehead atoms. The number of amides is 1. The van der Waals surface area contributed by atoms with Gasteiger partial charge < -0.3 is 10.1 Å². The molecule has 1 aliphatic rings. The van der Waals surface area contributed by atoms with Gasteiger partial charge in [0.1, 0.15) is 0 Å². The maximum atomic E-state index is 12.9. The molecule has 9 heteroatoms. The van der Waals surface area contributed by atoms with Gasteiger partial charge in [-0.25, -0.2) is 13.2 Å². The number of ether oxygens (including phenoxy) is 1. The van der Waals surface area contributed by atoms with Crippen molar-refractivity contribution in [3.05, 3.63) is 58.6 Å². The van der Waals surface area contributed by atoms with Gasteiger partial charge in [-0.15, -0.1) is 0 Å². The molecule has 0 heterocycles. The molecule has 0 saturated heterocycles. The van der Waals surface area contributed by atoms with Gasteiger partial charge >= 0.3 is 5.97 Å². The second kappa shape index (κ2) is 9.80. The molecule has 0 spiro atoms. The molecule has 31 heavy (non-hydrogen) atoms. The maximum Gasteiger partial charge on any atom is 0.339 e. The van der Waals surface area contributed by atoms with Crippen molar-refractivity contribution in [2.75, 3.05) is 19.5 Å². The van der Waals surface area contributed by atoms with Gasteiger partial charge in [0.2, 0.25) is 10.0 Å². The summed E-state index contributed by atoms with van der Waals surface area (Å²) < 4.78 is 32.0. The summed E-state index contributed by atoms with van der Waals surface area (Å²) in [6.45, 7) is 0. The SMILES string of the molecule is COC(=O)c1cc(NC(=O)c2ccc(S(=O)(=O)N(C)C3CCCCC3)cc2)ccc1Cl. The summed E-state index contributed by atoms with van der Waals surface area (Å²) >= 11 is 5.99. The Hall–Kier alpha value is -2.42. The number of nitrogens with zero attached hydrogens (tertiary/aromatic N) is 1. The molecule has 1 aliphatic carbocycles. The number of methoxy groups -OCH3 is 1. The van der Waals surface area contributed by atoms with E-state index in [-0.39, 0.29) is 27.1 Å². The fraction of sp³-hybridized carbons (Fsp3) is 0.364. The van der Waals surface area contributed by atoms with Crippen LogP contribution in [0, 0.1) is 0 Å². The highest BCUT2D eigenvalue weighted by Gasteiger charge is 2.29. The third-order valence-electron chi connectivity index (χ3n) is 5.51. The second-order valence-corrected chi connectivity index (χ2v) is 9.88. The lowest BCUT2D eigenvalue weighted by atomic mass is 9.96. The Bertz CT molecular complexity index is 1060. The lowest BCUT2D eigenvalue weighted by Gasteiger charge is -2.30. The number of halogens is 1. The minimum Gasteiger partial charge on any atom is -0.465 e. The normalized spacial score (nSPS) is 15.0. The second-order valence-electron chi connectivity index (χ2n) is 7.48. The highest BCUT2D eigenvalue weighted by molar-refractivity contribution is 7.89. The molecule has 0 atom stereocenters. The highest BCUT2D eigenvalue weighted by atomic mass is 35.5. The van der Waals surface area contributed by atoms with Crippen LogP contribution in [0.2, 0.25) is 5.02 Å². The van der Waals surface area contributed by atoms with E-state index in [1.807, 2.05) is 0 Å². The monoisotopic (exact) mass is 464 g/mol. The van der Waals surface area contributed by atoms with Crippen LogP contribution < -0.4 is 5.32 Å². The van der Waals surface area contributed by atoms with Crippen molar-refractivity contribution in [1.82, 2.24) is 4.31 Å². The number of esters is 1. The number of sulfonamides is 1. The largest absolute Gasteiger partial charge is 0.465 e.